The topological polar surface area (TPSA) is 36.4 Å². The zero-order chi connectivity index (χ0) is 19.1. The van der Waals surface area contributed by atoms with Crippen LogP contribution in [0, 0.1) is 0 Å². The minimum Gasteiger partial charge on any atom is -0.353 e. The van der Waals surface area contributed by atoms with Crippen LogP contribution in [0.5, 0.6) is 0 Å². The number of anilines is 1. The maximum atomic E-state index is 12.7. The largest absolute Gasteiger partial charge is 0.353 e. The van der Waals surface area contributed by atoms with Gasteiger partial charge in [-0.3, -0.25) is 4.79 Å². The molecule has 0 bridgehead atoms. The second kappa shape index (κ2) is 8.99. The Morgan fingerprint density at radius 2 is 1.44 bits per heavy atom. The Bertz CT molecular complexity index is 848. The van der Waals surface area contributed by atoms with E-state index in [1.54, 1.807) is 11.1 Å². The molecule has 0 spiro atoms. The zero-order valence-corrected chi connectivity index (χ0v) is 15.9. The third-order valence-electron chi connectivity index (χ3n) is 4.53. The number of rotatable bonds is 7. The molecule has 138 valence electrons. The smallest absolute Gasteiger partial charge is 0.255 e. The molecule has 0 N–H and O–H groups in total. The number of benzene rings is 2. The van der Waals surface area contributed by atoms with Crippen molar-refractivity contribution in [2.45, 2.75) is 20.0 Å². The number of amides is 1. The molecule has 3 aromatic rings. The SMILES string of the molecule is CCN(Cc1ccccc1)c1ccc(C(=O)N(C)Cc2ccccc2)cn1. The first-order valence-electron chi connectivity index (χ1n) is 9.21. The standard InChI is InChI=1S/C23H25N3O/c1-3-26(18-20-12-8-5-9-13-20)22-15-14-21(16-24-22)23(27)25(2)17-19-10-6-4-7-11-19/h4-16H,3,17-18H2,1-2H3. The van der Waals surface area contributed by atoms with Gasteiger partial charge in [-0.2, -0.15) is 0 Å². The summed E-state index contributed by atoms with van der Waals surface area (Å²) in [5, 5.41) is 0. The Morgan fingerprint density at radius 3 is 1.96 bits per heavy atom. The third-order valence-corrected chi connectivity index (χ3v) is 4.53. The molecule has 1 aromatic heterocycles. The molecule has 0 aliphatic rings. The number of pyridine rings is 1. The van der Waals surface area contributed by atoms with Gasteiger partial charge in [0.15, 0.2) is 0 Å². The van der Waals surface area contributed by atoms with E-state index in [-0.39, 0.29) is 5.91 Å². The minimum atomic E-state index is -0.0241. The van der Waals surface area contributed by atoms with Gasteiger partial charge in [0.2, 0.25) is 0 Å². The van der Waals surface area contributed by atoms with Gasteiger partial charge in [0.25, 0.3) is 5.91 Å². The highest BCUT2D eigenvalue weighted by atomic mass is 16.2. The molecule has 2 aromatic carbocycles. The van der Waals surface area contributed by atoms with Crippen LogP contribution < -0.4 is 4.90 Å². The maximum Gasteiger partial charge on any atom is 0.255 e. The normalized spacial score (nSPS) is 10.4. The molecule has 1 heterocycles. The van der Waals surface area contributed by atoms with E-state index in [2.05, 4.69) is 28.9 Å². The molecule has 0 radical (unpaired) electrons. The molecule has 0 fully saturated rings. The first-order chi connectivity index (χ1) is 13.2. The van der Waals surface area contributed by atoms with Gasteiger partial charge in [-0.05, 0) is 30.2 Å². The van der Waals surface area contributed by atoms with Crippen LogP contribution in [0.15, 0.2) is 79.0 Å². The number of hydrogen-bond donors (Lipinski definition) is 0. The van der Waals surface area contributed by atoms with Gasteiger partial charge in [-0.1, -0.05) is 60.7 Å². The molecular weight excluding hydrogens is 334 g/mol. The van der Waals surface area contributed by atoms with Gasteiger partial charge in [-0.25, -0.2) is 4.98 Å². The summed E-state index contributed by atoms with van der Waals surface area (Å²) < 4.78 is 0. The molecular formula is C23H25N3O. The van der Waals surface area contributed by atoms with E-state index >= 15 is 0 Å². The van der Waals surface area contributed by atoms with Crippen LogP contribution in [0.4, 0.5) is 5.82 Å². The maximum absolute atomic E-state index is 12.7. The van der Waals surface area contributed by atoms with E-state index < -0.39 is 0 Å². The molecule has 0 aliphatic carbocycles. The lowest BCUT2D eigenvalue weighted by Gasteiger charge is -2.22. The molecule has 27 heavy (non-hydrogen) atoms. The van der Waals surface area contributed by atoms with E-state index in [0.717, 1.165) is 24.5 Å². The van der Waals surface area contributed by atoms with Gasteiger partial charge in [-0.15, -0.1) is 0 Å². The van der Waals surface area contributed by atoms with Gasteiger partial charge in [0, 0.05) is 32.9 Å². The summed E-state index contributed by atoms with van der Waals surface area (Å²) in [5.41, 5.74) is 2.95. The minimum absolute atomic E-state index is 0.0241. The van der Waals surface area contributed by atoms with Crippen LogP contribution >= 0.6 is 0 Å². The van der Waals surface area contributed by atoms with Gasteiger partial charge in [0.05, 0.1) is 5.56 Å². The summed E-state index contributed by atoms with van der Waals surface area (Å²) in [7, 11) is 1.82. The van der Waals surface area contributed by atoms with Crippen LogP contribution in [-0.2, 0) is 13.1 Å². The summed E-state index contributed by atoms with van der Waals surface area (Å²) in [6.07, 6.45) is 1.67. The highest BCUT2D eigenvalue weighted by Gasteiger charge is 2.14. The highest BCUT2D eigenvalue weighted by molar-refractivity contribution is 5.93. The van der Waals surface area contributed by atoms with Crippen molar-refractivity contribution < 1.29 is 4.79 Å². The molecule has 0 saturated carbocycles. The van der Waals surface area contributed by atoms with Crippen LogP contribution in [0.3, 0.4) is 0 Å². The van der Waals surface area contributed by atoms with E-state index in [1.165, 1.54) is 5.56 Å². The first kappa shape index (κ1) is 18.6. The Morgan fingerprint density at radius 1 is 0.852 bits per heavy atom. The Labute approximate surface area is 161 Å². The highest BCUT2D eigenvalue weighted by Crippen LogP contribution is 2.16. The van der Waals surface area contributed by atoms with E-state index in [1.807, 2.05) is 67.7 Å². The van der Waals surface area contributed by atoms with Crippen molar-refractivity contribution in [3.8, 4) is 0 Å². The molecule has 1 amide bonds. The van der Waals surface area contributed by atoms with Crippen molar-refractivity contribution in [3.05, 3.63) is 95.7 Å². The van der Waals surface area contributed by atoms with Gasteiger partial charge >= 0.3 is 0 Å². The second-order valence-corrected chi connectivity index (χ2v) is 6.55. The summed E-state index contributed by atoms with van der Waals surface area (Å²) >= 11 is 0. The van der Waals surface area contributed by atoms with Crippen molar-refractivity contribution in [2.24, 2.45) is 0 Å². The summed E-state index contributed by atoms with van der Waals surface area (Å²) in [4.78, 5) is 21.1. The van der Waals surface area contributed by atoms with Crippen LogP contribution in [0.2, 0.25) is 0 Å². The third kappa shape index (κ3) is 4.94. The summed E-state index contributed by atoms with van der Waals surface area (Å²) in [6, 6.07) is 24.1. The molecule has 3 rings (SSSR count). The van der Waals surface area contributed by atoms with E-state index in [9.17, 15) is 4.79 Å². The molecule has 0 saturated heterocycles. The predicted octanol–water partition coefficient (Wildman–Crippen LogP) is 4.38. The summed E-state index contributed by atoms with van der Waals surface area (Å²) in [5.74, 6) is 0.854. The zero-order valence-electron chi connectivity index (χ0n) is 15.9. The molecule has 0 aliphatic heterocycles. The fourth-order valence-corrected chi connectivity index (χ4v) is 3.01. The van der Waals surface area contributed by atoms with Crippen molar-refractivity contribution in [2.75, 3.05) is 18.5 Å². The number of nitrogens with zero attached hydrogens (tertiary/aromatic N) is 3. The Balaban J connectivity index is 1.67. The number of aromatic nitrogens is 1. The van der Waals surface area contributed by atoms with Crippen LogP contribution in [0.25, 0.3) is 0 Å². The number of hydrogen-bond acceptors (Lipinski definition) is 3. The van der Waals surface area contributed by atoms with E-state index in [4.69, 9.17) is 0 Å². The number of carbonyl (C=O) groups is 1. The molecule has 0 unspecified atom stereocenters. The van der Waals surface area contributed by atoms with Gasteiger partial charge in [0.1, 0.15) is 5.82 Å². The number of carbonyl (C=O) groups excluding carboxylic acids is 1. The fourth-order valence-electron chi connectivity index (χ4n) is 3.01. The molecule has 0 atom stereocenters. The first-order valence-corrected chi connectivity index (χ1v) is 9.21. The monoisotopic (exact) mass is 359 g/mol. The van der Waals surface area contributed by atoms with Crippen molar-refractivity contribution in [3.63, 3.8) is 0 Å². The van der Waals surface area contributed by atoms with Crippen molar-refractivity contribution in [1.29, 1.82) is 0 Å². The lowest BCUT2D eigenvalue weighted by Crippen LogP contribution is -2.27. The second-order valence-electron chi connectivity index (χ2n) is 6.55. The molecule has 4 nitrogen and oxygen atoms in total. The lowest BCUT2D eigenvalue weighted by atomic mass is 10.2. The predicted molar refractivity (Wildman–Crippen MR) is 110 cm³/mol. The lowest BCUT2D eigenvalue weighted by molar-refractivity contribution is 0.0784. The van der Waals surface area contributed by atoms with E-state index in [0.29, 0.717) is 12.1 Å². The Hall–Kier alpha value is -3.14. The van der Waals surface area contributed by atoms with Crippen LogP contribution in [-0.4, -0.2) is 29.4 Å². The van der Waals surface area contributed by atoms with Crippen molar-refractivity contribution >= 4 is 11.7 Å². The summed E-state index contributed by atoms with van der Waals surface area (Å²) in [6.45, 7) is 4.34. The van der Waals surface area contributed by atoms with Crippen molar-refractivity contribution in [1.82, 2.24) is 9.88 Å². The van der Waals surface area contributed by atoms with Crippen LogP contribution in [0.1, 0.15) is 28.4 Å². The fraction of sp³-hybridized carbons (Fsp3) is 0.217. The quantitative estimate of drug-likeness (QED) is 0.628. The Kier molecular flexibility index (Phi) is 6.21. The average Bonchev–Trinajstić information content (AvgIpc) is 2.73. The van der Waals surface area contributed by atoms with Gasteiger partial charge < -0.3 is 9.80 Å². The molecule has 4 heteroatoms. The average molecular weight is 359 g/mol.